The molecule has 34 heavy (non-hydrogen) atoms. The maximum Gasteiger partial charge on any atom is 0.310 e. The van der Waals surface area contributed by atoms with Crippen LogP contribution in [0.3, 0.4) is 0 Å². The van der Waals surface area contributed by atoms with Gasteiger partial charge in [0.15, 0.2) is 0 Å². The van der Waals surface area contributed by atoms with Gasteiger partial charge in [-0.2, -0.15) is 0 Å². The second-order valence-corrected chi connectivity index (χ2v) is 10.4. The van der Waals surface area contributed by atoms with E-state index in [-0.39, 0.29) is 6.42 Å². The Labute approximate surface area is 193 Å². The van der Waals surface area contributed by atoms with E-state index in [1.807, 2.05) is 42.0 Å². The molecule has 2 aromatic carbocycles. The van der Waals surface area contributed by atoms with Crippen LogP contribution in [0.15, 0.2) is 78.1 Å². The van der Waals surface area contributed by atoms with Gasteiger partial charge in [-0.05, 0) is 54.4 Å². The highest BCUT2D eigenvalue weighted by atomic mass is 32.5. The van der Waals surface area contributed by atoms with Crippen LogP contribution in [-0.2, 0) is 12.8 Å². The number of imidazole rings is 1. The third kappa shape index (κ3) is 5.56. The summed E-state index contributed by atoms with van der Waals surface area (Å²) in [6.07, 6.45) is 4.33. The predicted octanol–water partition coefficient (Wildman–Crippen LogP) is 7.42. The molecule has 0 aliphatic rings. The fourth-order valence-corrected chi connectivity index (χ4v) is 4.26. The Hall–Kier alpha value is -3.40. The van der Waals surface area contributed by atoms with E-state index < -0.39 is 15.1 Å². The third-order valence-electron chi connectivity index (χ3n) is 5.24. The Bertz CT molecular complexity index is 1340. The molecule has 0 unspecified atom stereocenters. The summed E-state index contributed by atoms with van der Waals surface area (Å²) in [7, 11) is -8.08. The smallest absolute Gasteiger partial charge is 0.310 e. The zero-order chi connectivity index (χ0) is 24.6. The SMILES string of the molecule is COc1cc(Cc2cccc(Cc3ccc(S(F)(F)(F)(F)F)cc3)n2)ccc1-n1cnc(C)c1. The molecule has 180 valence electrons. The van der Waals surface area contributed by atoms with Gasteiger partial charge in [-0.1, -0.05) is 43.7 Å². The summed E-state index contributed by atoms with van der Waals surface area (Å²) in [6, 6.07) is 14.2. The minimum Gasteiger partial charge on any atom is -0.495 e. The fraction of sp³-hybridized carbons (Fsp3) is 0.167. The third-order valence-corrected chi connectivity index (χ3v) is 6.40. The van der Waals surface area contributed by atoms with Crippen LogP contribution in [0.2, 0.25) is 0 Å². The van der Waals surface area contributed by atoms with Gasteiger partial charge in [-0.15, -0.1) is 0 Å². The highest BCUT2D eigenvalue weighted by molar-refractivity contribution is 8.45. The van der Waals surface area contributed by atoms with Crippen molar-refractivity contribution in [3.63, 3.8) is 0 Å². The van der Waals surface area contributed by atoms with Crippen LogP contribution in [0.5, 0.6) is 5.75 Å². The number of methoxy groups -OCH3 is 1. The topological polar surface area (TPSA) is 39.9 Å². The van der Waals surface area contributed by atoms with Gasteiger partial charge in [0.2, 0.25) is 0 Å². The summed E-state index contributed by atoms with van der Waals surface area (Å²) in [5.41, 5.74) is 4.53. The van der Waals surface area contributed by atoms with Gasteiger partial charge < -0.3 is 9.30 Å². The minimum atomic E-state index is -9.67. The van der Waals surface area contributed by atoms with Gasteiger partial charge in [0.25, 0.3) is 0 Å². The zero-order valence-corrected chi connectivity index (χ0v) is 19.2. The Morgan fingerprint density at radius 3 is 2.03 bits per heavy atom. The monoisotopic (exact) mass is 495 g/mol. The summed E-state index contributed by atoms with van der Waals surface area (Å²) in [6.45, 7) is 1.90. The Morgan fingerprint density at radius 2 is 1.47 bits per heavy atom. The van der Waals surface area contributed by atoms with Gasteiger partial charge in [-0.3, -0.25) is 4.98 Å². The molecule has 4 nitrogen and oxygen atoms in total. The van der Waals surface area contributed by atoms with Crippen LogP contribution < -0.4 is 4.74 Å². The highest BCUT2D eigenvalue weighted by Gasteiger charge is 2.65. The lowest BCUT2D eigenvalue weighted by atomic mass is 10.1. The normalized spacial score (nSPS) is 13.9. The van der Waals surface area contributed by atoms with E-state index in [0.717, 1.165) is 34.8 Å². The number of hydrogen-bond acceptors (Lipinski definition) is 3. The second-order valence-electron chi connectivity index (χ2n) is 8.02. The van der Waals surface area contributed by atoms with Crippen molar-refractivity contribution in [2.45, 2.75) is 24.7 Å². The number of halogens is 5. The van der Waals surface area contributed by atoms with Crippen LogP contribution in [-0.4, -0.2) is 21.6 Å². The van der Waals surface area contributed by atoms with Crippen LogP contribution >= 0.6 is 10.2 Å². The lowest BCUT2D eigenvalue weighted by Gasteiger charge is -2.40. The number of aryl methyl sites for hydroxylation is 1. The summed E-state index contributed by atoms with van der Waals surface area (Å²) in [5.74, 6) is 0.676. The molecule has 4 rings (SSSR count). The predicted molar refractivity (Wildman–Crippen MR) is 123 cm³/mol. The van der Waals surface area contributed by atoms with Crippen molar-refractivity contribution >= 4 is 10.2 Å². The molecule has 0 N–H and O–H groups in total. The number of aromatic nitrogens is 3. The Balaban J connectivity index is 1.51. The molecule has 0 atom stereocenters. The molecule has 0 radical (unpaired) electrons. The molecule has 0 saturated heterocycles. The molecule has 0 amide bonds. The summed E-state index contributed by atoms with van der Waals surface area (Å²) < 4.78 is 72.0. The summed E-state index contributed by atoms with van der Waals surface area (Å²) >= 11 is 0. The minimum absolute atomic E-state index is 0.219. The number of rotatable bonds is 7. The maximum absolute atomic E-state index is 12.9. The molecule has 4 aromatic rings. The quantitative estimate of drug-likeness (QED) is 0.251. The molecule has 0 aliphatic heterocycles. The second kappa shape index (κ2) is 7.83. The Kier molecular flexibility index (Phi) is 5.47. The van der Waals surface area contributed by atoms with Crippen molar-refractivity contribution in [3.8, 4) is 11.4 Å². The van der Waals surface area contributed by atoms with Crippen molar-refractivity contribution in [1.29, 1.82) is 0 Å². The lowest BCUT2D eigenvalue weighted by Crippen LogP contribution is -2.06. The van der Waals surface area contributed by atoms with E-state index >= 15 is 0 Å². The van der Waals surface area contributed by atoms with E-state index in [9.17, 15) is 19.4 Å². The summed E-state index contributed by atoms with van der Waals surface area (Å²) in [5, 5.41) is 0. The molecule has 0 saturated carbocycles. The van der Waals surface area contributed by atoms with E-state index in [1.165, 1.54) is 0 Å². The highest BCUT2D eigenvalue weighted by Crippen LogP contribution is 3.02. The maximum atomic E-state index is 12.9. The number of hydrogen-bond donors (Lipinski definition) is 0. The van der Waals surface area contributed by atoms with E-state index in [1.54, 1.807) is 25.6 Å². The van der Waals surface area contributed by atoms with Crippen molar-refractivity contribution in [1.82, 2.24) is 14.5 Å². The standard InChI is InChI=1S/C24H22F5N3OS/c1-17-15-32(16-30-17)23-11-8-19(14-24(23)33-2)13-21-5-3-4-20(31-21)12-18-6-9-22(10-7-18)34(25,26,27,28)29/h3-11,14-16H,12-13H2,1-2H3. The number of nitrogens with zero attached hydrogens (tertiary/aromatic N) is 3. The van der Waals surface area contributed by atoms with Crippen molar-refractivity contribution < 1.29 is 24.2 Å². The zero-order valence-electron chi connectivity index (χ0n) is 18.4. The largest absolute Gasteiger partial charge is 0.495 e. The lowest BCUT2D eigenvalue weighted by molar-refractivity contribution is 0.364. The van der Waals surface area contributed by atoms with Crippen molar-refractivity contribution in [3.05, 3.63) is 101 Å². The average Bonchev–Trinajstić information content (AvgIpc) is 3.19. The molecule has 0 aliphatic carbocycles. The van der Waals surface area contributed by atoms with Gasteiger partial charge in [0, 0.05) is 30.4 Å². The van der Waals surface area contributed by atoms with E-state index in [2.05, 4.69) is 9.97 Å². The first-order valence-corrected chi connectivity index (χ1v) is 12.2. The van der Waals surface area contributed by atoms with E-state index in [4.69, 9.17) is 4.74 Å². The van der Waals surface area contributed by atoms with Crippen LogP contribution in [0, 0.1) is 6.92 Å². The number of benzene rings is 2. The first kappa shape index (κ1) is 23.7. The molecule has 2 aromatic heterocycles. The van der Waals surface area contributed by atoms with Gasteiger partial charge >= 0.3 is 10.2 Å². The molecule has 0 bridgehead atoms. The molecular formula is C24H22F5N3OS. The molecule has 0 spiro atoms. The molecule has 0 fully saturated rings. The molecular weight excluding hydrogens is 473 g/mol. The van der Waals surface area contributed by atoms with Crippen LogP contribution in [0.1, 0.15) is 28.2 Å². The van der Waals surface area contributed by atoms with Crippen molar-refractivity contribution in [2.75, 3.05) is 7.11 Å². The first-order valence-electron chi connectivity index (χ1n) is 10.3. The molecule has 10 heteroatoms. The summed E-state index contributed by atoms with van der Waals surface area (Å²) in [4.78, 5) is 6.92. The van der Waals surface area contributed by atoms with Crippen LogP contribution in [0.4, 0.5) is 19.4 Å². The van der Waals surface area contributed by atoms with Gasteiger partial charge in [-0.25, -0.2) is 4.98 Å². The average molecular weight is 496 g/mol. The Morgan fingerprint density at radius 1 is 0.853 bits per heavy atom. The fourth-order valence-electron chi connectivity index (χ4n) is 3.61. The van der Waals surface area contributed by atoms with Gasteiger partial charge in [0.05, 0.1) is 24.8 Å². The first-order chi connectivity index (χ1) is 15.8. The number of ether oxygens (including phenoxy) is 1. The number of pyridine rings is 1. The molecule has 2 heterocycles. The van der Waals surface area contributed by atoms with Crippen molar-refractivity contribution in [2.24, 2.45) is 0 Å². The van der Waals surface area contributed by atoms with Gasteiger partial charge in [0.1, 0.15) is 10.6 Å². The van der Waals surface area contributed by atoms with Crippen LogP contribution in [0.25, 0.3) is 5.69 Å². The van der Waals surface area contributed by atoms with E-state index in [0.29, 0.717) is 35.6 Å².